The van der Waals surface area contributed by atoms with E-state index < -0.39 is 0 Å². The van der Waals surface area contributed by atoms with Crippen LogP contribution in [0.3, 0.4) is 0 Å². The number of aliphatic hydroxyl groups excluding tert-OH is 1. The first-order valence-electron chi connectivity index (χ1n) is 3.46. The molecule has 2 nitrogen and oxygen atoms in total. The van der Waals surface area contributed by atoms with Crippen molar-refractivity contribution in [3.05, 3.63) is 28.4 Å². The molecule has 0 saturated carbocycles. The average molecular weight is 244 g/mol. The summed E-state index contributed by atoms with van der Waals surface area (Å²) in [5.41, 5.74) is 0.760. The summed E-state index contributed by atoms with van der Waals surface area (Å²) in [5.74, 6) is 0. The normalized spacial score (nSPS) is 10.8. The van der Waals surface area contributed by atoms with Gasteiger partial charge < -0.3 is 5.11 Å². The van der Waals surface area contributed by atoms with Crippen LogP contribution >= 0.6 is 27.5 Å². The lowest BCUT2D eigenvalue weighted by Gasteiger charge is -1.92. The van der Waals surface area contributed by atoms with Gasteiger partial charge in [0.05, 0.1) is 17.0 Å². The summed E-state index contributed by atoms with van der Waals surface area (Å²) < 4.78 is 6.26. The molecule has 0 unspecified atom stereocenters. The van der Waals surface area contributed by atoms with E-state index >= 15 is 0 Å². The van der Waals surface area contributed by atoms with Gasteiger partial charge in [0, 0.05) is 9.86 Å². The first-order chi connectivity index (χ1) is 5.81. The number of fused-ring (bicyclic) bond motifs is 1. The third-order valence-corrected chi connectivity index (χ3v) is 3.01. The third-order valence-electron chi connectivity index (χ3n) is 1.66. The molecule has 0 amide bonds. The van der Waals surface area contributed by atoms with Crippen LogP contribution in [-0.4, -0.2) is 9.48 Å². The van der Waals surface area contributed by atoms with Gasteiger partial charge in [-0.15, -0.1) is 0 Å². The van der Waals surface area contributed by atoms with Crippen molar-refractivity contribution < 1.29 is 5.11 Å². The van der Waals surface area contributed by atoms with Crippen molar-refractivity contribution >= 4 is 37.5 Å². The van der Waals surface area contributed by atoms with Crippen molar-refractivity contribution in [2.45, 2.75) is 6.61 Å². The first kappa shape index (κ1) is 8.16. The highest BCUT2D eigenvalue weighted by atomic mass is 79.9. The fraction of sp³-hybridized carbons (Fsp3) is 0.125. The number of halogens is 1. The van der Waals surface area contributed by atoms with Gasteiger partial charge in [-0.3, -0.25) is 0 Å². The largest absolute Gasteiger partial charge is 0.390 e. The molecule has 0 bridgehead atoms. The summed E-state index contributed by atoms with van der Waals surface area (Å²) in [6.45, 7) is 0.0104. The summed E-state index contributed by atoms with van der Waals surface area (Å²) in [7, 11) is 0. The Morgan fingerprint density at radius 3 is 3.08 bits per heavy atom. The predicted molar refractivity (Wildman–Crippen MR) is 53.2 cm³/mol. The second-order valence-corrected chi connectivity index (χ2v) is 4.15. The minimum Gasteiger partial charge on any atom is -0.390 e. The van der Waals surface area contributed by atoms with E-state index in [0.29, 0.717) is 0 Å². The van der Waals surface area contributed by atoms with Crippen molar-refractivity contribution in [3.8, 4) is 0 Å². The maximum atomic E-state index is 8.94. The summed E-state index contributed by atoms with van der Waals surface area (Å²) in [6.07, 6.45) is 0. The summed E-state index contributed by atoms with van der Waals surface area (Å²) in [5, 5.41) is 9.98. The number of aromatic nitrogens is 1. The molecule has 12 heavy (non-hydrogen) atoms. The third kappa shape index (κ3) is 1.26. The van der Waals surface area contributed by atoms with E-state index in [2.05, 4.69) is 20.3 Å². The Labute approximate surface area is 82.1 Å². The van der Waals surface area contributed by atoms with Crippen LogP contribution in [0.25, 0.3) is 10.1 Å². The zero-order valence-corrected chi connectivity index (χ0v) is 8.52. The van der Waals surface area contributed by atoms with Gasteiger partial charge in [0.1, 0.15) is 0 Å². The highest BCUT2D eigenvalue weighted by Crippen LogP contribution is 2.25. The molecule has 1 aromatic carbocycles. The molecule has 1 N–H and O–H groups in total. The molecule has 0 atom stereocenters. The van der Waals surface area contributed by atoms with Crippen LogP contribution in [0.1, 0.15) is 5.69 Å². The molecule has 0 spiro atoms. The summed E-state index contributed by atoms with van der Waals surface area (Å²) in [6, 6.07) is 5.95. The fourth-order valence-electron chi connectivity index (χ4n) is 1.07. The van der Waals surface area contributed by atoms with Crippen LogP contribution in [0.2, 0.25) is 0 Å². The second kappa shape index (κ2) is 3.12. The number of nitrogens with zero attached hydrogens (tertiary/aromatic N) is 1. The zero-order chi connectivity index (χ0) is 8.55. The lowest BCUT2D eigenvalue weighted by molar-refractivity contribution is 0.279. The predicted octanol–water partition coefficient (Wildman–Crippen LogP) is 2.55. The Kier molecular flexibility index (Phi) is 2.12. The molecule has 4 heteroatoms. The molecule has 1 aromatic heterocycles. The van der Waals surface area contributed by atoms with E-state index in [1.165, 1.54) is 11.5 Å². The second-order valence-electron chi connectivity index (χ2n) is 2.43. The minimum absolute atomic E-state index is 0.0104. The molecule has 0 aliphatic rings. The SMILES string of the molecule is OCc1nsc2ccc(Br)cc12. The fourth-order valence-corrected chi connectivity index (χ4v) is 2.20. The standard InChI is InChI=1S/C8H6BrNOS/c9-5-1-2-8-6(3-5)7(4-11)10-12-8/h1-3,11H,4H2. The summed E-state index contributed by atoms with van der Waals surface area (Å²) in [4.78, 5) is 0. The van der Waals surface area contributed by atoms with Crippen LogP contribution in [0.4, 0.5) is 0 Å². The molecule has 62 valence electrons. The van der Waals surface area contributed by atoms with Crippen LogP contribution in [-0.2, 0) is 6.61 Å². The quantitative estimate of drug-likeness (QED) is 0.836. The van der Waals surface area contributed by atoms with Crippen LogP contribution in [0.15, 0.2) is 22.7 Å². The molecule has 1 heterocycles. The smallest absolute Gasteiger partial charge is 0.0875 e. The van der Waals surface area contributed by atoms with Crippen molar-refractivity contribution in [3.63, 3.8) is 0 Å². The summed E-state index contributed by atoms with van der Waals surface area (Å²) >= 11 is 4.79. The monoisotopic (exact) mass is 243 g/mol. The number of rotatable bonds is 1. The number of hydrogen-bond acceptors (Lipinski definition) is 3. The molecule has 2 aromatic rings. The maximum Gasteiger partial charge on any atom is 0.0875 e. The maximum absolute atomic E-state index is 8.94. The lowest BCUT2D eigenvalue weighted by atomic mass is 10.2. The van der Waals surface area contributed by atoms with E-state index in [9.17, 15) is 0 Å². The number of aliphatic hydroxyl groups is 1. The van der Waals surface area contributed by atoms with Crippen molar-refractivity contribution in [2.24, 2.45) is 0 Å². The van der Waals surface area contributed by atoms with Crippen LogP contribution in [0, 0.1) is 0 Å². The van der Waals surface area contributed by atoms with E-state index in [4.69, 9.17) is 5.11 Å². The Morgan fingerprint density at radius 1 is 1.50 bits per heavy atom. The van der Waals surface area contributed by atoms with Gasteiger partial charge >= 0.3 is 0 Å². The average Bonchev–Trinajstić information content (AvgIpc) is 2.46. The van der Waals surface area contributed by atoms with Crippen LogP contribution in [0.5, 0.6) is 0 Å². The Balaban J connectivity index is 2.75. The molecule has 0 saturated heterocycles. The van der Waals surface area contributed by atoms with Gasteiger partial charge in [-0.1, -0.05) is 15.9 Å². The molecule has 0 radical (unpaired) electrons. The highest BCUT2D eigenvalue weighted by molar-refractivity contribution is 9.10. The zero-order valence-electron chi connectivity index (χ0n) is 6.12. The van der Waals surface area contributed by atoms with E-state index in [1.54, 1.807) is 0 Å². The molecule has 2 rings (SSSR count). The van der Waals surface area contributed by atoms with Gasteiger partial charge in [-0.05, 0) is 29.7 Å². The minimum atomic E-state index is 0.0104. The van der Waals surface area contributed by atoms with Gasteiger partial charge in [-0.2, -0.15) is 4.37 Å². The highest BCUT2D eigenvalue weighted by Gasteiger charge is 2.04. The Morgan fingerprint density at radius 2 is 2.33 bits per heavy atom. The molecular formula is C8H6BrNOS. The number of benzene rings is 1. The topological polar surface area (TPSA) is 33.1 Å². The van der Waals surface area contributed by atoms with E-state index in [0.717, 1.165) is 20.3 Å². The molecule has 0 aliphatic heterocycles. The molecule has 0 fully saturated rings. The van der Waals surface area contributed by atoms with Crippen molar-refractivity contribution in [1.82, 2.24) is 4.37 Å². The first-order valence-corrected chi connectivity index (χ1v) is 5.02. The van der Waals surface area contributed by atoms with Gasteiger partial charge in [-0.25, -0.2) is 0 Å². The lowest BCUT2D eigenvalue weighted by Crippen LogP contribution is -1.81. The van der Waals surface area contributed by atoms with Gasteiger partial charge in [0.2, 0.25) is 0 Å². The molecule has 0 aliphatic carbocycles. The Bertz CT molecular complexity index is 412. The van der Waals surface area contributed by atoms with Gasteiger partial charge in [0.25, 0.3) is 0 Å². The van der Waals surface area contributed by atoms with Crippen LogP contribution < -0.4 is 0 Å². The molecular weight excluding hydrogens is 238 g/mol. The van der Waals surface area contributed by atoms with Gasteiger partial charge in [0.15, 0.2) is 0 Å². The van der Waals surface area contributed by atoms with E-state index in [-0.39, 0.29) is 6.61 Å². The van der Waals surface area contributed by atoms with Crippen molar-refractivity contribution in [1.29, 1.82) is 0 Å². The number of hydrogen-bond donors (Lipinski definition) is 1. The Hall–Kier alpha value is -0.450. The van der Waals surface area contributed by atoms with E-state index in [1.807, 2.05) is 18.2 Å². The van der Waals surface area contributed by atoms with Crippen molar-refractivity contribution in [2.75, 3.05) is 0 Å².